The van der Waals surface area contributed by atoms with E-state index in [2.05, 4.69) is 5.32 Å². The highest BCUT2D eigenvalue weighted by Gasteiger charge is 2.31. The monoisotopic (exact) mass is 290 g/mol. The van der Waals surface area contributed by atoms with Crippen molar-refractivity contribution in [1.82, 2.24) is 4.90 Å². The van der Waals surface area contributed by atoms with Gasteiger partial charge in [-0.1, -0.05) is 0 Å². The van der Waals surface area contributed by atoms with Gasteiger partial charge in [0.25, 0.3) is 0 Å². The number of carbonyl (C=O) groups is 1. The molecule has 0 aromatic heterocycles. The number of hydrogen-bond donors (Lipinski definition) is 1. The molecule has 1 aromatic carbocycles. The van der Waals surface area contributed by atoms with Gasteiger partial charge in [0.2, 0.25) is 5.91 Å². The van der Waals surface area contributed by atoms with Crippen LogP contribution in [0.15, 0.2) is 6.07 Å². The van der Waals surface area contributed by atoms with Crippen molar-refractivity contribution < 1.29 is 22.4 Å². The molecule has 2 rings (SSSR count). The van der Waals surface area contributed by atoms with E-state index in [9.17, 15) is 22.4 Å². The fourth-order valence-corrected chi connectivity index (χ4v) is 2.02. The lowest BCUT2D eigenvalue weighted by molar-refractivity contribution is -0.129. The Morgan fingerprint density at radius 3 is 2.25 bits per heavy atom. The molecule has 0 unspecified atom stereocenters. The van der Waals surface area contributed by atoms with E-state index in [-0.39, 0.29) is 18.0 Å². The zero-order valence-electron chi connectivity index (χ0n) is 10.9. The van der Waals surface area contributed by atoms with Crippen LogP contribution in [0.1, 0.15) is 19.8 Å². The molecule has 0 saturated heterocycles. The van der Waals surface area contributed by atoms with Crippen molar-refractivity contribution in [2.75, 3.05) is 18.4 Å². The van der Waals surface area contributed by atoms with Crippen LogP contribution in [0.5, 0.6) is 0 Å². The highest BCUT2D eigenvalue weighted by molar-refractivity contribution is 5.81. The van der Waals surface area contributed by atoms with Crippen LogP contribution in [0.2, 0.25) is 0 Å². The van der Waals surface area contributed by atoms with Crippen LogP contribution in [0, 0.1) is 23.3 Å². The van der Waals surface area contributed by atoms with E-state index < -0.39 is 35.5 Å². The van der Waals surface area contributed by atoms with Gasteiger partial charge in [0.15, 0.2) is 23.3 Å². The first-order valence-electron chi connectivity index (χ1n) is 6.32. The summed E-state index contributed by atoms with van der Waals surface area (Å²) in [5, 5.41) is 2.14. The molecule has 1 aliphatic rings. The van der Waals surface area contributed by atoms with Gasteiger partial charge < -0.3 is 10.2 Å². The third kappa shape index (κ3) is 2.86. The maximum absolute atomic E-state index is 13.4. The van der Waals surface area contributed by atoms with Crippen LogP contribution in [0.25, 0.3) is 0 Å². The van der Waals surface area contributed by atoms with Crippen LogP contribution in [0.4, 0.5) is 23.2 Å². The molecule has 7 heteroatoms. The summed E-state index contributed by atoms with van der Waals surface area (Å²) in [6.07, 6.45) is 1.80. The number of carbonyl (C=O) groups excluding carboxylic acids is 1. The molecule has 1 N–H and O–H groups in total. The molecule has 1 fully saturated rings. The van der Waals surface area contributed by atoms with Gasteiger partial charge in [0, 0.05) is 18.7 Å². The van der Waals surface area contributed by atoms with Crippen molar-refractivity contribution in [2.45, 2.75) is 25.8 Å². The molecular formula is C13H14F4N2O. The maximum atomic E-state index is 13.4. The predicted molar refractivity (Wildman–Crippen MR) is 65.2 cm³/mol. The lowest BCUT2D eigenvalue weighted by Crippen LogP contribution is -2.37. The maximum Gasteiger partial charge on any atom is 0.242 e. The molecule has 1 saturated carbocycles. The van der Waals surface area contributed by atoms with Gasteiger partial charge in [-0.15, -0.1) is 0 Å². The van der Waals surface area contributed by atoms with Crippen molar-refractivity contribution in [3.63, 3.8) is 0 Å². The van der Waals surface area contributed by atoms with Gasteiger partial charge in [-0.05, 0) is 19.8 Å². The second-order valence-corrected chi connectivity index (χ2v) is 4.61. The van der Waals surface area contributed by atoms with Crippen LogP contribution < -0.4 is 5.32 Å². The Morgan fingerprint density at radius 2 is 1.80 bits per heavy atom. The molecule has 110 valence electrons. The molecule has 0 heterocycles. The van der Waals surface area contributed by atoms with E-state index >= 15 is 0 Å². The van der Waals surface area contributed by atoms with Crippen LogP contribution >= 0.6 is 0 Å². The van der Waals surface area contributed by atoms with Gasteiger partial charge in [0.05, 0.1) is 6.54 Å². The lowest BCUT2D eigenvalue weighted by atomic mass is 10.2. The third-order valence-electron chi connectivity index (χ3n) is 3.18. The Labute approximate surface area is 113 Å². The number of nitrogens with zero attached hydrogens (tertiary/aromatic N) is 1. The zero-order chi connectivity index (χ0) is 14.9. The lowest BCUT2D eigenvalue weighted by Gasteiger charge is -2.21. The van der Waals surface area contributed by atoms with E-state index in [1.165, 1.54) is 0 Å². The molecule has 20 heavy (non-hydrogen) atoms. The molecule has 0 aliphatic heterocycles. The highest BCUT2D eigenvalue weighted by Crippen LogP contribution is 2.27. The number of anilines is 1. The van der Waals surface area contributed by atoms with E-state index in [0.717, 1.165) is 12.8 Å². The Balaban J connectivity index is 2.09. The number of benzene rings is 1. The fourth-order valence-electron chi connectivity index (χ4n) is 2.02. The number of halogens is 4. The summed E-state index contributed by atoms with van der Waals surface area (Å²) in [4.78, 5) is 13.4. The van der Waals surface area contributed by atoms with Crippen molar-refractivity contribution in [3.8, 4) is 0 Å². The van der Waals surface area contributed by atoms with Crippen LogP contribution in [-0.4, -0.2) is 29.9 Å². The first-order chi connectivity index (χ1) is 9.45. The summed E-state index contributed by atoms with van der Waals surface area (Å²) in [6, 6.07) is 0.286. The first kappa shape index (κ1) is 14.6. The standard InChI is InChI=1S/C13H14F4N2O/c1-2-19(7-3-4-7)10(20)6-18-13-11(16)8(14)5-9(15)12(13)17/h5,7,18H,2-4,6H2,1H3. The van der Waals surface area contributed by atoms with Crippen molar-refractivity contribution in [3.05, 3.63) is 29.3 Å². The molecular weight excluding hydrogens is 276 g/mol. The largest absolute Gasteiger partial charge is 0.371 e. The molecule has 0 atom stereocenters. The highest BCUT2D eigenvalue weighted by atomic mass is 19.2. The molecule has 0 spiro atoms. The first-order valence-corrected chi connectivity index (χ1v) is 6.32. The molecule has 0 bridgehead atoms. The summed E-state index contributed by atoms with van der Waals surface area (Å²) in [6.45, 7) is 1.86. The van der Waals surface area contributed by atoms with E-state index in [0.29, 0.717) is 6.54 Å². The van der Waals surface area contributed by atoms with Gasteiger partial charge >= 0.3 is 0 Å². The Hall–Kier alpha value is -1.79. The summed E-state index contributed by atoms with van der Waals surface area (Å²) in [5.41, 5.74) is -0.956. The minimum absolute atomic E-state index is 0.125. The SMILES string of the molecule is CCN(C(=O)CNc1c(F)c(F)cc(F)c1F)C1CC1. The second-order valence-electron chi connectivity index (χ2n) is 4.61. The van der Waals surface area contributed by atoms with E-state index in [1.807, 2.05) is 0 Å². The summed E-state index contributed by atoms with van der Waals surface area (Å²) < 4.78 is 52.7. The van der Waals surface area contributed by atoms with Gasteiger partial charge in [-0.25, -0.2) is 17.6 Å². The third-order valence-corrected chi connectivity index (χ3v) is 3.18. The summed E-state index contributed by atoms with van der Waals surface area (Å²) >= 11 is 0. The number of amides is 1. The summed E-state index contributed by atoms with van der Waals surface area (Å²) in [7, 11) is 0. The van der Waals surface area contributed by atoms with Crippen molar-refractivity contribution in [1.29, 1.82) is 0 Å². The average molecular weight is 290 g/mol. The normalized spacial score (nSPS) is 14.2. The number of hydrogen-bond acceptors (Lipinski definition) is 2. The predicted octanol–water partition coefficient (Wildman–Crippen LogP) is 2.67. The minimum atomic E-state index is -1.54. The Kier molecular flexibility index (Phi) is 4.15. The zero-order valence-corrected chi connectivity index (χ0v) is 10.9. The van der Waals surface area contributed by atoms with Crippen LogP contribution in [-0.2, 0) is 4.79 Å². The van der Waals surface area contributed by atoms with E-state index in [4.69, 9.17) is 0 Å². The molecule has 3 nitrogen and oxygen atoms in total. The van der Waals surface area contributed by atoms with Crippen LogP contribution in [0.3, 0.4) is 0 Å². The van der Waals surface area contributed by atoms with E-state index in [1.54, 1.807) is 11.8 Å². The van der Waals surface area contributed by atoms with Crippen molar-refractivity contribution >= 4 is 11.6 Å². The van der Waals surface area contributed by atoms with Gasteiger partial charge in [0.1, 0.15) is 5.69 Å². The molecule has 1 aliphatic carbocycles. The fraction of sp³-hybridized carbons (Fsp3) is 0.462. The van der Waals surface area contributed by atoms with Gasteiger partial charge in [-0.2, -0.15) is 0 Å². The number of rotatable bonds is 5. The number of likely N-dealkylation sites (N-methyl/N-ethyl adjacent to an activating group) is 1. The second kappa shape index (κ2) is 5.68. The topological polar surface area (TPSA) is 32.3 Å². The molecule has 1 amide bonds. The molecule has 1 aromatic rings. The molecule has 0 radical (unpaired) electrons. The Bertz CT molecular complexity index is 505. The smallest absolute Gasteiger partial charge is 0.242 e. The van der Waals surface area contributed by atoms with Crippen molar-refractivity contribution in [2.24, 2.45) is 0 Å². The summed E-state index contributed by atoms with van der Waals surface area (Å²) in [5.74, 6) is -6.45. The quantitative estimate of drug-likeness (QED) is 0.668. The minimum Gasteiger partial charge on any atom is -0.371 e. The number of nitrogens with one attached hydrogen (secondary N) is 1. The average Bonchev–Trinajstić information content (AvgIpc) is 3.22. The Morgan fingerprint density at radius 1 is 1.25 bits per heavy atom. The van der Waals surface area contributed by atoms with Gasteiger partial charge in [-0.3, -0.25) is 4.79 Å².